The van der Waals surface area contributed by atoms with Crippen molar-refractivity contribution in [2.45, 2.75) is 25.8 Å². The van der Waals surface area contributed by atoms with Crippen LogP contribution in [-0.4, -0.2) is 9.92 Å². The van der Waals surface area contributed by atoms with Crippen LogP contribution in [-0.2, 0) is 0 Å². The summed E-state index contributed by atoms with van der Waals surface area (Å²) in [7, 11) is 0. The molecule has 0 aliphatic carbocycles. The van der Waals surface area contributed by atoms with Crippen molar-refractivity contribution in [3.8, 4) is 0 Å². The Morgan fingerprint density at radius 2 is 2.00 bits per heavy atom. The van der Waals surface area contributed by atoms with Crippen molar-refractivity contribution in [1.82, 2.24) is 0 Å². The highest BCUT2D eigenvalue weighted by atomic mass is 35.5. The zero-order chi connectivity index (χ0) is 7.65. The van der Waals surface area contributed by atoms with Gasteiger partial charge in [0, 0.05) is 17.8 Å². The maximum atomic E-state index is 10.1. The zero-order valence-corrected chi connectivity index (χ0v) is 6.47. The number of rotatable bonds is 2. The molecule has 0 bridgehead atoms. The third-order valence-corrected chi connectivity index (χ3v) is 1.99. The average molecular weight is 152 g/mol. The Kier molecular flexibility index (Phi) is 2.43. The van der Waals surface area contributed by atoms with Gasteiger partial charge in [-0.1, -0.05) is 13.8 Å². The van der Waals surface area contributed by atoms with Crippen molar-refractivity contribution >= 4 is 11.6 Å². The molecule has 9 heavy (non-hydrogen) atoms. The second-order valence-electron chi connectivity index (χ2n) is 2.44. The second-order valence-corrected chi connectivity index (χ2v) is 3.20. The third kappa shape index (κ3) is 1.82. The van der Waals surface area contributed by atoms with Crippen LogP contribution in [0.5, 0.6) is 0 Å². The van der Waals surface area contributed by atoms with Gasteiger partial charge in [-0.2, -0.15) is 0 Å². The molecule has 0 spiro atoms. The number of alkyl halides is 1. The van der Waals surface area contributed by atoms with E-state index in [-0.39, 0.29) is 5.92 Å². The van der Waals surface area contributed by atoms with Crippen LogP contribution < -0.4 is 0 Å². The molecule has 1 atom stereocenters. The monoisotopic (exact) mass is 151 g/mol. The molecule has 3 nitrogen and oxygen atoms in total. The van der Waals surface area contributed by atoms with Crippen LogP contribution in [0.25, 0.3) is 0 Å². The van der Waals surface area contributed by atoms with Crippen LogP contribution in [0.1, 0.15) is 20.8 Å². The highest BCUT2D eigenvalue weighted by molar-refractivity contribution is 6.22. The molecular formula is C5H10ClNO2. The molecule has 0 fully saturated rings. The van der Waals surface area contributed by atoms with Crippen LogP contribution in [0.3, 0.4) is 0 Å². The fourth-order valence-corrected chi connectivity index (χ4v) is 0.211. The molecule has 0 N–H and O–H groups in total. The van der Waals surface area contributed by atoms with Gasteiger partial charge in [0.2, 0.25) is 0 Å². The number of nitro groups is 1. The molecule has 0 amide bonds. The Morgan fingerprint density at radius 3 is 2.00 bits per heavy atom. The molecule has 0 aromatic rings. The SMILES string of the molecule is CC(C)C(C)(Cl)[N+](=O)[O-]. The largest absolute Gasteiger partial charge is 0.294 e. The van der Waals surface area contributed by atoms with Crippen LogP contribution >= 0.6 is 11.6 Å². The van der Waals surface area contributed by atoms with E-state index in [1.54, 1.807) is 13.8 Å². The molecule has 0 aliphatic heterocycles. The van der Waals surface area contributed by atoms with E-state index in [1.165, 1.54) is 6.92 Å². The van der Waals surface area contributed by atoms with Crippen molar-refractivity contribution in [2.75, 3.05) is 0 Å². The molecule has 54 valence electrons. The summed E-state index contributed by atoms with van der Waals surface area (Å²) >= 11 is 5.51. The first-order valence-electron chi connectivity index (χ1n) is 2.72. The highest BCUT2D eigenvalue weighted by Crippen LogP contribution is 2.24. The summed E-state index contributed by atoms with van der Waals surface area (Å²) in [4.78, 5) is 8.36. The van der Waals surface area contributed by atoms with E-state index in [2.05, 4.69) is 0 Å². The summed E-state index contributed by atoms with van der Waals surface area (Å²) in [6, 6.07) is 0. The topological polar surface area (TPSA) is 43.1 Å². The van der Waals surface area contributed by atoms with Gasteiger partial charge in [0.25, 0.3) is 5.00 Å². The quantitative estimate of drug-likeness (QED) is 0.262. The van der Waals surface area contributed by atoms with Gasteiger partial charge in [0.1, 0.15) is 0 Å². The Balaban J connectivity index is 4.19. The van der Waals surface area contributed by atoms with Gasteiger partial charge in [-0.05, 0) is 11.6 Å². The van der Waals surface area contributed by atoms with Gasteiger partial charge in [-0.3, -0.25) is 10.1 Å². The Hall–Kier alpha value is -0.310. The summed E-state index contributed by atoms with van der Waals surface area (Å²) in [5.41, 5.74) is 0. The fraction of sp³-hybridized carbons (Fsp3) is 1.00. The lowest BCUT2D eigenvalue weighted by atomic mass is 10.1. The maximum absolute atomic E-state index is 10.1. The van der Waals surface area contributed by atoms with Gasteiger partial charge in [0.05, 0.1) is 0 Å². The fourth-order valence-electron chi connectivity index (χ4n) is 0.211. The first kappa shape index (κ1) is 8.69. The van der Waals surface area contributed by atoms with Crippen molar-refractivity contribution < 1.29 is 4.92 Å². The maximum Gasteiger partial charge on any atom is 0.294 e. The van der Waals surface area contributed by atoms with Gasteiger partial charge in [0.15, 0.2) is 0 Å². The zero-order valence-electron chi connectivity index (χ0n) is 5.72. The normalized spacial score (nSPS) is 17.4. The predicted molar refractivity (Wildman–Crippen MR) is 36.1 cm³/mol. The molecule has 0 heterocycles. The first-order chi connectivity index (χ1) is 3.89. The minimum absolute atomic E-state index is 0.144. The first-order valence-corrected chi connectivity index (χ1v) is 3.10. The standard InChI is InChI=1S/C5H10ClNO2/c1-4(2)5(3,6)7(8)9/h4H,1-3H3. The minimum atomic E-state index is -1.31. The van der Waals surface area contributed by atoms with Crippen molar-refractivity contribution in [3.05, 3.63) is 10.1 Å². The lowest BCUT2D eigenvalue weighted by Gasteiger charge is -2.15. The predicted octanol–water partition coefficient (Wildman–Crippen LogP) is 1.87. The van der Waals surface area contributed by atoms with E-state index < -0.39 is 9.92 Å². The van der Waals surface area contributed by atoms with Gasteiger partial charge >= 0.3 is 0 Å². The lowest BCUT2D eigenvalue weighted by molar-refractivity contribution is -0.546. The Morgan fingerprint density at radius 1 is 1.67 bits per heavy atom. The molecule has 0 saturated heterocycles. The van der Waals surface area contributed by atoms with E-state index >= 15 is 0 Å². The van der Waals surface area contributed by atoms with Crippen molar-refractivity contribution in [1.29, 1.82) is 0 Å². The summed E-state index contributed by atoms with van der Waals surface area (Å²) in [6.07, 6.45) is 0. The van der Waals surface area contributed by atoms with Crippen LogP contribution in [0.4, 0.5) is 0 Å². The van der Waals surface area contributed by atoms with E-state index in [1.807, 2.05) is 0 Å². The van der Waals surface area contributed by atoms with E-state index in [0.29, 0.717) is 0 Å². The summed E-state index contributed by atoms with van der Waals surface area (Å²) in [5, 5.41) is 10.1. The summed E-state index contributed by atoms with van der Waals surface area (Å²) < 4.78 is 0. The number of hydrogen-bond acceptors (Lipinski definition) is 2. The Labute approximate surface area is 59.2 Å². The van der Waals surface area contributed by atoms with E-state index in [9.17, 15) is 10.1 Å². The smallest absolute Gasteiger partial charge is 0.263 e. The van der Waals surface area contributed by atoms with Crippen molar-refractivity contribution in [2.24, 2.45) is 5.92 Å². The van der Waals surface area contributed by atoms with Crippen LogP contribution in [0.2, 0.25) is 0 Å². The van der Waals surface area contributed by atoms with Crippen molar-refractivity contribution in [3.63, 3.8) is 0 Å². The Bertz CT molecular complexity index is 122. The number of nitrogens with zero attached hydrogens (tertiary/aromatic N) is 1. The molecule has 0 rings (SSSR count). The molecule has 0 radical (unpaired) electrons. The summed E-state index contributed by atoms with van der Waals surface area (Å²) in [6.45, 7) is 4.84. The molecule has 0 saturated carbocycles. The van der Waals surface area contributed by atoms with Gasteiger partial charge < -0.3 is 0 Å². The average Bonchev–Trinajstić information content (AvgIpc) is 1.65. The highest BCUT2D eigenvalue weighted by Gasteiger charge is 2.37. The molecule has 0 aromatic carbocycles. The van der Waals surface area contributed by atoms with Gasteiger partial charge in [-0.25, -0.2) is 0 Å². The van der Waals surface area contributed by atoms with Crippen LogP contribution in [0.15, 0.2) is 0 Å². The molecule has 1 unspecified atom stereocenters. The second kappa shape index (κ2) is 2.52. The molecule has 0 aliphatic rings. The number of halogens is 1. The lowest BCUT2D eigenvalue weighted by Crippen LogP contribution is -2.33. The van der Waals surface area contributed by atoms with Gasteiger partial charge in [-0.15, -0.1) is 0 Å². The van der Waals surface area contributed by atoms with Crippen LogP contribution in [0, 0.1) is 16.0 Å². The summed E-state index contributed by atoms with van der Waals surface area (Å²) in [5.74, 6) is -0.144. The number of hydrogen-bond donors (Lipinski definition) is 0. The molecule has 0 aromatic heterocycles. The minimum Gasteiger partial charge on any atom is -0.263 e. The molecular weight excluding hydrogens is 142 g/mol. The molecule has 4 heteroatoms. The van der Waals surface area contributed by atoms with E-state index in [0.717, 1.165) is 0 Å². The van der Waals surface area contributed by atoms with E-state index in [4.69, 9.17) is 11.6 Å². The third-order valence-electron chi connectivity index (χ3n) is 1.41.